The highest BCUT2D eigenvalue weighted by Crippen LogP contribution is 2.34. The lowest BCUT2D eigenvalue weighted by molar-refractivity contribution is -0.131. The molecule has 0 fully saturated rings. The zero-order chi connectivity index (χ0) is 18.0. The number of hydrogen-bond donors (Lipinski definition) is 0. The molecule has 1 atom stereocenters. The summed E-state index contributed by atoms with van der Waals surface area (Å²) in [5, 5.41) is 0.345. The summed E-state index contributed by atoms with van der Waals surface area (Å²) in [7, 11) is 3.65. The number of hydrogen-bond acceptors (Lipinski definition) is 2. The molecule has 0 spiro atoms. The molecule has 0 N–H and O–H groups in total. The average molecular weight is 361 g/mol. The van der Waals surface area contributed by atoms with Crippen molar-refractivity contribution in [1.82, 2.24) is 9.80 Å². The van der Waals surface area contributed by atoms with Crippen LogP contribution in [0.4, 0.5) is 4.39 Å². The van der Waals surface area contributed by atoms with Gasteiger partial charge < -0.3 is 4.90 Å². The number of benzene rings is 2. The first-order valence-corrected chi connectivity index (χ1v) is 8.80. The summed E-state index contributed by atoms with van der Waals surface area (Å²) in [6, 6.07) is 13.2. The molecule has 0 bridgehead atoms. The topological polar surface area (TPSA) is 23.6 Å². The number of carbonyl (C=O) groups is 1. The molecule has 2 aromatic carbocycles. The molecule has 5 heteroatoms. The molecule has 3 rings (SSSR count). The quantitative estimate of drug-likeness (QED) is 0.802. The second kappa shape index (κ2) is 7.54. The van der Waals surface area contributed by atoms with E-state index in [2.05, 4.69) is 23.1 Å². The summed E-state index contributed by atoms with van der Waals surface area (Å²) >= 11 is 6.06. The molecule has 1 aliphatic carbocycles. The summed E-state index contributed by atoms with van der Waals surface area (Å²) in [5.74, 6) is -0.434. The highest BCUT2D eigenvalue weighted by Gasteiger charge is 2.27. The Bertz CT molecular complexity index is 760. The van der Waals surface area contributed by atoms with E-state index >= 15 is 0 Å². The van der Waals surface area contributed by atoms with Crippen molar-refractivity contribution >= 4 is 17.5 Å². The fraction of sp³-hybridized carbons (Fsp3) is 0.350. The highest BCUT2D eigenvalue weighted by atomic mass is 35.5. The second-order valence-corrected chi connectivity index (χ2v) is 7.03. The maximum atomic E-state index is 13.9. The van der Waals surface area contributed by atoms with Gasteiger partial charge in [-0.15, -0.1) is 0 Å². The van der Waals surface area contributed by atoms with Crippen molar-refractivity contribution in [1.29, 1.82) is 0 Å². The van der Waals surface area contributed by atoms with Crippen LogP contribution in [0.5, 0.6) is 0 Å². The van der Waals surface area contributed by atoms with E-state index in [-0.39, 0.29) is 24.3 Å². The second-order valence-electron chi connectivity index (χ2n) is 6.62. The van der Waals surface area contributed by atoms with Crippen LogP contribution in [0.25, 0.3) is 0 Å². The fourth-order valence-electron chi connectivity index (χ4n) is 3.45. The van der Waals surface area contributed by atoms with Crippen molar-refractivity contribution in [3.05, 3.63) is 70.0 Å². The van der Waals surface area contributed by atoms with Crippen molar-refractivity contribution in [3.63, 3.8) is 0 Å². The van der Waals surface area contributed by atoms with E-state index in [0.29, 0.717) is 17.1 Å². The van der Waals surface area contributed by atoms with Crippen molar-refractivity contribution in [2.24, 2.45) is 0 Å². The van der Waals surface area contributed by atoms with Crippen molar-refractivity contribution in [2.75, 3.05) is 20.6 Å². The Hall–Kier alpha value is -1.91. The third kappa shape index (κ3) is 3.86. The zero-order valence-corrected chi connectivity index (χ0v) is 15.3. The normalized spacial score (nSPS) is 16.1. The summed E-state index contributed by atoms with van der Waals surface area (Å²) in [4.78, 5) is 16.2. The molecule has 3 nitrogen and oxygen atoms in total. The van der Waals surface area contributed by atoms with E-state index < -0.39 is 0 Å². The molecule has 0 aromatic heterocycles. The van der Waals surface area contributed by atoms with Gasteiger partial charge in [-0.25, -0.2) is 4.39 Å². The van der Waals surface area contributed by atoms with Crippen LogP contribution in [-0.2, 0) is 17.8 Å². The van der Waals surface area contributed by atoms with Crippen LogP contribution < -0.4 is 0 Å². The van der Waals surface area contributed by atoms with Gasteiger partial charge in [-0.1, -0.05) is 41.9 Å². The number of likely N-dealkylation sites (N-methyl/N-ethyl adjacent to an activating group) is 2. The van der Waals surface area contributed by atoms with E-state index in [9.17, 15) is 9.18 Å². The Morgan fingerprint density at radius 2 is 1.96 bits per heavy atom. The number of nitrogens with zero attached hydrogens (tertiary/aromatic N) is 2. The summed E-state index contributed by atoms with van der Waals surface area (Å²) in [6.07, 6.45) is 2.06. The van der Waals surface area contributed by atoms with E-state index in [0.717, 1.165) is 12.8 Å². The number of fused-ring (bicyclic) bond motifs is 1. The van der Waals surface area contributed by atoms with Gasteiger partial charge in [0.1, 0.15) is 5.82 Å². The van der Waals surface area contributed by atoms with Crippen molar-refractivity contribution < 1.29 is 9.18 Å². The largest absolute Gasteiger partial charge is 0.340 e. The molecule has 0 heterocycles. The molecule has 1 amide bonds. The minimum absolute atomic E-state index is 0.0498. The first kappa shape index (κ1) is 17.9. The standard InChI is InChI=1S/C20H22ClFN2O/c1-23(19-11-10-14-6-3-4-7-15(14)19)13-20(25)24(2)12-16-17(21)8-5-9-18(16)22/h3-9,19H,10-13H2,1-2H3/t19-/m0/s1. The highest BCUT2D eigenvalue weighted by molar-refractivity contribution is 6.31. The van der Waals surface area contributed by atoms with Gasteiger partial charge in [0.2, 0.25) is 5.91 Å². The van der Waals surface area contributed by atoms with Crippen LogP contribution in [-0.4, -0.2) is 36.3 Å². The molecule has 0 saturated carbocycles. The number of halogens is 2. The van der Waals surface area contributed by atoms with Crippen molar-refractivity contribution in [2.45, 2.75) is 25.4 Å². The third-order valence-corrected chi connectivity index (χ3v) is 5.25. The van der Waals surface area contributed by atoms with Gasteiger partial charge in [0.05, 0.1) is 6.54 Å². The predicted molar refractivity (Wildman–Crippen MR) is 98.0 cm³/mol. The molecular weight excluding hydrogens is 339 g/mol. The third-order valence-electron chi connectivity index (χ3n) is 4.90. The minimum Gasteiger partial charge on any atom is -0.340 e. The van der Waals surface area contributed by atoms with Crippen LogP contribution in [0.15, 0.2) is 42.5 Å². The first-order valence-electron chi connectivity index (χ1n) is 8.42. The van der Waals surface area contributed by atoms with Crippen LogP contribution >= 0.6 is 11.6 Å². The molecule has 25 heavy (non-hydrogen) atoms. The zero-order valence-electron chi connectivity index (χ0n) is 14.5. The lowest BCUT2D eigenvalue weighted by Crippen LogP contribution is -2.37. The maximum Gasteiger partial charge on any atom is 0.236 e. The van der Waals surface area contributed by atoms with Crippen LogP contribution in [0.3, 0.4) is 0 Å². The summed E-state index contributed by atoms with van der Waals surface area (Å²) in [5.41, 5.74) is 3.02. The number of amides is 1. The molecule has 0 unspecified atom stereocenters. The Kier molecular flexibility index (Phi) is 5.40. The van der Waals surface area contributed by atoms with E-state index in [1.807, 2.05) is 13.1 Å². The molecule has 0 radical (unpaired) electrons. The van der Waals surface area contributed by atoms with Gasteiger partial charge >= 0.3 is 0 Å². The summed E-state index contributed by atoms with van der Waals surface area (Å²) in [6.45, 7) is 0.459. The lowest BCUT2D eigenvalue weighted by Gasteiger charge is -2.27. The van der Waals surface area contributed by atoms with Crippen LogP contribution in [0.1, 0.15) is 29.2 Å². The fourth-order valence-corrected chi connectivity index (χ4v) is 3.67. The van der Waals surface area contributed by atoms with Gasteiger partial charge in [-0.3, -0.25) is 9.69 Å². The van der Waals surface area contributed by atoms with E-state index in [1.54, 1.807) is 19.2 Å². The smallest absolute Gasteiger partial charge is 0.236 e. The molecule has 0 aliphatic heterocycles. The molecule has 132 valence electrons. The van der Waals surface area contributed by atoms with Gasteiger partial charge in [0.15, 0.2) is 0 Å². The Labute approximate surface area is 153 Å². The van der Waals surface area contributed by atoms with Gasteiger partial charge in [0.25, 0.3) is 0 Å². The van der Waals surface area contributed by atoms with Crippen LogP contribution in [0, 0.1) is 5.82 Å². The predicted octanol–water partition coefficient (Wildman–Crippen LogP) is 4.06. The Morgan fingerprint density at radius 3 is 2.72 bits per heavy atom. The Morgan fingerprint density at radius 1 is 1.20 bits per heavy atom. The van der Waals surface area contributed by atoms with E-state index in [4.69, 9.17) is 11.6 Å². The Balaban J connectivity index is 1.64. The first-order chi connectivity index (χ1) is 12.0. The SMILES string of the molecule is CN(Cc1c(F)cccc1Cl)C(=O)CN(C)[C@H]1CCc2ccccc21. The molecule has 2 aromatic rings. The number of rotatable bonds is 5. The molecular formula is C20H22ClFN2O. The molecule has 1 aliphatic rings. The lowest BCUT2D eigenvalue weighted by atomic mass is 10.1. The molecule has 0 saturated heterocycles. The number of carbonyl (C=O) groups excluding carboxylic acids is 1. The average Bonchev–Trinajstić information content (AvgIpc) is 3.02. The minimum atomic E-state index is -0.384. The van der Waals surface area contributed by atoms with Gasteiger partial charge in [-0.2, -0.15) is 0 Å². The maximum absolute atomic E-state index is 13.9. The number of aryl methyl sites for hydroxylation is 1. The summed E-state index contributed by atoms with van der Waals surface area (Å²) < 4.78 is 13.9. The van der Waals surface area contributed by atoms with Crippen molar-refractivity contribution in [3.8, 4) is 0 Å². The van der Waals surface area contributed by atoms with Gasteiger partial charge in [0, 0.05) is 30.2 Å². The van der Waals surface area contributed by atoms with E-state index in [1.165, 1.54) is 22.1 Å². The van der Waals surface area contributed by atoms with Gasteiger partial charge in [-0.05, 0) is 43.1 Å². The monoisotopic (exact) mass is 360 g/mol. The van der Waals surface area contributed by atoms with Crippen LogP contribution in [0.2, 0.25) is 5.02 Å².